The van der Waals surface area contributed by atoms with Gasteiger partial charge in [-0.1, -0.05) is 6.92 Å². The Labute approximate surface area is 112 Å². The Kier molecular flexibility index (Phi) is 5.06. The first-order chi connectivity index (χ1) is 8.96. The fourth-order valence-corrected chi connectivity index (χ4v) is 1.47. The van der Waals surface area contributed by atoms with Crippen LogP contribution in [-0.2, 0) is 14.3 Å². The maximum Gasteiger partial charge on any atom is 0.337 e. The molecular weight excluding hydrogens is 246 g/mol. The number of anilines is 1. The summed E-state index contributed by atoms with van der Waals surface area (Å²) in [5.41, 5.74) is 0.181. The van der Waals surface area contributed by atoms with Crippen LogP contribution < -0.4 is 5.32 Å². The minimum Gasteiger partial charge on any atom is -0.465 e. The predicted octanol–water partition coefficient (Wildman–Crippen LogP) is 2.23. The van der Waals surface area contributed by atoms with Crippen molar-refractivity contribution in [2.45, 2.75) is 25.9 Å². The van der Waals surface area contributed by atoms with E-state index < -0.39 is 11.6 Å². The van der Waals surface area contributed by atoms with Gasteiger partial charge in [-0.05, 0) is 37.6 Å². The van der Waals surface area contributed by atoms with Gasteiger partial charge in [0, 0.05) is 12.8 Å². The summed E-state index contributed by atoms with van der Waals surface area (Å²) in [4.78, 5) is 23.3. The maximum absolute atomic E-state index is 12.0. The predicted molar refractivity (Wildman–Crippen MR) is 72.1 cm³/mol. The van der Waals surface area contributed by atoms with Crippen molar-refractivity contribution in [1.29, 1.82) is 0 Å². The van der Waals surface area contributed by atoms with E-state index in [0.29, 0.717) is 17.7 Å². The second kappa shape index (κ2) is 6.33. The lowest BCUT2D eigenvalue weighted by atomic mass is 10.0. The van der Waals surface area contributed by atoms with Crippen LogP contribution in [-0.4, -0.2) is 31.7 Å². The largest absolute Gasteiger partial charge is 0.465 e. The third-order valence-corrected chi connectivity index (χ3v) is 3.17. The molecule has 0 fully saturated rings. The molecule has 0 bridgehead atoms. The molecule has 1 N–H and O–H groups in total. The number of carbonyl (C=O) groups is 2. The van der Waals surface area contributed by atoms with Gasteiger partial charge in [0.15, 0.2) is 0 Å². The minimum absolute atomic E-state index is 0.219. The highest BCUT2D eigenvalue weighted by atomic mass is 16.5. The average Bonchev–Trinajstić information content (AvgIpc) is 2.46. The molecule has 1 atom stereocenters. The molecule has 1 unspecified atom stereocenters. The van der Waals surface area contributed by atoms with Gasteiger partial charge in [0.1, 0.15) is 5.60 Å². The van der Waals surface area contributed by atoms with Gasteiger partial charge in [0.05, 0.1) is 12.7 Å². The number of amides is 1. The van der Waals surface area contributed by atoms with Crippen molar-refractivity contribution >= 4 is 17.6 Å². The molecule has 1 aromatic rings. The van der Waals surface area contributed by atoms with E-state index in [4.69, 9.17) is 4.74 Å². The Hall–Kier alpha value is -1.88. The van der Waals surface area contributed by atoms with Gasteiger partial charge in [-0.2, -0.15) is 0 Å². The average molecular weight is 265 g/mol. The molecule has 0 aliphatic carbocycles. The number of methoxy groups -OCH3 is 2. The second-order valence-electron chi connectivity index (χ2n) is 4.31. The van der Waals surface area contributed by atoms with E-state index in [1.165, 1.54) is 14.2 Å². The SMILES string of the molecule is CCC(C)(OC)C(=O)Nc1ccc(C(=O)OC)cc1. The van der Waals surface area contributed by atoms with E-state index in [9.17, 15) is 9.59 Å². The van der Waals surface area contributed by atoms with Gasteiger partial charge < -0.3 is 14.8 Å². The number of esters is 1. The van der Waals surface area contributed by atoms with Gasteiger partial charge in [0.2, 0.25) is 0 Å². The van der Waals surface area contributed by atoms with Crippen molar-refractivity contribution in [2.75, 3.05) is 19.5 Å². The molecule has 0 aliphatic rings. The lowest BCUT2D eigenvalue weighted by Gasteiger charge is -2.25. The number of nitrogens with one attached hydrogen (secondary N) is 1. The zero-order valence-electron chi connectivity index (χ0n) is 11.6. The number of benzene rings is 1. The fraction of sp³-hybridized carbons (Fsp3) is 0.429. The molecular formula is C14H19NO4. The number of ether oxygens (including phenoxy) is 2. The lowest BCUT2D eigenvalue weighted by molar-refractivity contribution is -0.136. The molecule has 0 spiro atoms. The topological polar surface area (TPSA) is 64.6 Å². The van der Waals surface area contributed by atoms with Gasteiger partial charge in [0.25, 0.3) is 5.91 Å². The number of rotatable bonds is 5. The van der Waals surface area contributed by atoms with Crippen LogP contribution in [0.1, 0.15) is 30.6 Å². The number of hydrogen-bond donors (Lipinski definition) is 1. The van der Waals surface area contributed by atoms with E-state index >= 15 is 0 Å². The van der Waals surface area contributed by atoms with Crippen LogP contribution in [0.4, 0.5) is 5.69 Å². The van der Waals surface area contributed by atoms with Gasteiger partial charge in [-0.15, -0.1) is 0 Å². The molecule has 1 rings (SSSR count). The third-order valence-electron chi connectivity index (χ3n) is 3.17. The molecule has 1 aromatic carbocycles. The summed E-state index contributed by atoms with van der Waals surface area (Å²) >= 11 is 0. The quantitative estimate of drug-likeness (QED) is 0.829. The lowest BCUT2D eigenvalue weighted by Crippen LogP contribution is -2.41. The molecule has 0 radical (unpaired) electrons. The Balaban J connectivity index is 2.78. The highest BCUT2D eigenvalue weighted by Gasteiger charge is 2.30. The fourth-order valence-electron chi connectivity index (χ4n) is 1.47. The maximum atomic E-state index is 12.0. The van der Waals surface area contributed by atoms with Crippen LogP contribution in [0.5, 0.6) is 0 Å². The summed E-state index contributed by atoms with van der Waals surface area (Å²) in [6, 6.07) is 6.49. The molecule has 5 heteroatoms. The normalized spacial score (nSPS) is 13.5. The molecule has 1 amide bonds. The second-order valence-corrected chi connectivity index (χ2v) is 4.31. The molecule has 5 nitrogen and oxygen atoms in total. The van der Waals surface area contributed by atoms with Crippen LogP contribution in [0.3, 0.4) is 0 Å². The first-order valence-corrected chi connectivity index (χ1v) is 6.02. The molecule has 0 saturated heterocycles. The van der Waals surface area contributed by atoms with Crippen molar-refractivity contribution < 1.29 is 19.1 Å². The van der Waals surface area contributed by atoms with Crippen LogP contribution in [0, 0.1) is 0 Å². The molecule has 104 valence electrons. The Morgan fingerprint density at radius 3 is 2.21 bits per heavy atom. The van der Waals surface area contributed by atoms with Crippen molar-refractivity contribution in [3.63, 3.8) is 0 Å². The summed E-state index contributed by atoms with van der Waals surface area (Å²) in [7, 11) is 2.83. The van der Waals surface area contributed by atoms with E-state index in [1.54, 1.807) is 31.2 Å². The van der Waals surface area contributed by atoms with Gasteiger partial charge in [-0.25, -0.2) is 4.79 Å². The minimum atomic E-state index is -0.860. The van der Waals surface area contributed by atoms with E-state index in [2.05, 4.69) is 10.1 Å². The van der Waals surface area contributed by atoms with Crippen LogP contribution in [0.2, 0.25) is 0 Å². The van der Waals surface area contributed by atoms with Crippen LogP contribution in [0.15, 0.2) is 24.3 Å². The van der Waals surface area contributed by atoms with E-state index in [-0.39, 0.29) is 5.91 Å². The van der Waals surface area contributed by atoms with Crippen molar-refractivity contribution in [1.82, 2.24) is 0 Å². The Morgan fingerprint density at radius 1 is 1.21 bits per heavy atom. The third kappa shape index (κ3) is 3.54. The molecule has 0 aromatic heterocycles. The van der Waals surface area contributed by atoms with Crippen LogP contribution in [0.25, 0.3) is 0 Å². The van der Waals surface area contributed by atoms with Gasteiger partial charge >= 0.3 is 5.97 Å². The first kappa shape index (κ1) is 15.2. The van der Waals surface area contributed by atoms with E-state index in [0.717, 1.165) is 0 Å². The molecule has 0 heterocycles. The number of hydrogen-bond acceptors (Lipinski definition) is 4. The summed E-state index contributed by atoms with van der Waals surface area (Å²) in [5, 5.41) is 2.75. The van der Waals surface area contributed by atoms with Crippen molar-refractivity contribution in [3.8, 4) is 0 Å². The smallest absolute Gasteiger partial charge is 0.337 e. The summed E-state index contributed by atoms with van der Waals surface area (Å²) in [6.07, 6.45) is 0.565. The molecule has 0 saturated carbocycles. The van der Waals surface area contributed by atoms with E-state index in [1.807, 2.05) is 6.92 Å². The Morgan fingerprint density at radius 2 is 1.79 bits per heavy atom. The van der Waals surface area contributed by atoms with Crippen molar-refractivity contribution in [3.05, 3.63) is 29.8 Å². The molecule has 0 aliphatic heterocycles. The van der Waals surface area contributed by atoms with Crippen LogP contribution >= 0.6 is 0 Å². The zero-order valence-corrected chi connectivity index (χ0v) is 11.6. The summed E-state index contributed by atoms with van der Waals surface area (Å²) in [6.45, 7) is 3.61. The highest BCUT2D eigenvalue weighted by molar-refractivity contribution is 5.97. The molecule has 19 heavy (non-hydrogen) atoms. The van der Waals surface area contributed by atoms with Crippen molar-refractivity contribution in [2.24, 2.45) is 0 Å². The Bertz CT molecular complexity index is 449. The highest BCUT2D eigenvalue weighted by Crippen LogP contribution is 2.18. The summed E-state index contributed by atoms with van der Waals surface area (Å²) in [5.74, 6) is -0.628. The zero-order chi connectivity index (χ0) is 14.5. The first-order valence-electron chi connectivity index (χ1n) is 6.02. The van der Waals surface area contributed by atoms with Gasteiger partial charge in [-0.3, -0.25) is 4.79 Å². The number of carbonyl (C=O) groups excluding carboxylic acids is 2. The standard InChI is InChI=1S/C14H19NO4/c1-5-14(2,19-4)13(17)15-11-8-6-10(7-9-11)12(16)18-3/h6-9H,5H2,1-4H3,(H,15,17). The monoisotopic (exact) mass is 265 g/mol. The summed E-state index contributed by atoms with van der Waals surface area (Å²) < 4.78 is 9.81.